The highest BCUT2D eigenvalue weighted by Gasteiger charge is 2.13. The second-order valence-electron chi connectivity index (χ2n) is 4.90. The van der Waals surface area contributed by atoms with Gasteiger partial charge in [-0.05, 0) is 5.56 Å². The average molecular weight is 292 g/mol. The van der Waals surface area contributed by atoms with Crippen molar-refractivity contribution in [2.45, 2.75) is 6.42 Å². The van der Waals surface area contributed by atoms with Crippen LogP contribution in [0.4, 0.5) is 0 Å². The summed E-state index contributed by atoms with van der Waals surface area (Å²) in [6.45, 7) is 0. The van der Waals surface area contributed by atoms with Crippen molar-refractivity contribution in [1.29, 1.82) is 0 Å². The van der Waals surface area contributed by atoms with E-state index in [9.17, 15) is 4.79 Å². The Morgan fingerprint density at radius 3 is 2.68 bits per heavy atom. The van der Waals surface area contributed by atoms with E-state index in [1.807, 2.05) is 30.3 Å². The Kier molecular flexibility index (Phi) is 2.82. The van der Waals surface area contributed by atoms with Gasteiger partial charge in [0.2, 0.25) is 0 Å². The quantitative estimate of drug-likeness (QED) is 0.534. The van der Waals surface area contributed by atoms with Gasteiger partial charge in [-0.3, -0.25) is 4.98 Å². The van der Waals surface area contributed by atoms with E-state index in [2.05, 4.69) is 29.9 Å². The van der Waals surface area contributed by atoms with E-state index < -0.39 is 0 Å². The van der Waals surface area contributed by atoms with Crippen LogP contribution in [0.5, 0.6) is 0 Å². The van der Waals surface area contributed by atoms with Crippen molar-refractivity contribution < 1.29 is 0 Å². The fourth-order valence-electron chi connectivity index (χ4n) is 2.39. The molecule has 7 nitrogen and oxygen atoms in total. The van der Waals surface area contributed by atoms with Crippen LogP contribution in [-0.2, 0) is 6.42 Å². The lowest BCUT2D eigenvalue weighted by Gasteiger charge is -2.04. The number of imidazole rings is 2. The first-order valence-electron chi connectivity index (χ1n) is 6.82. The number of aromatic nitrogens is 6. The van der Waals surface area contributed by atoms with Gasteiger partial charge in [-0.2, -0.15) is 0 Å². The molecule has 3 aromatic heterocycles. The molecule has 0 bridgehead atoms. The fourth-order valence-corrected chi connectivity index (χ4v) is 2.39. The molecule has 3 heterocycles. The Balaban J connectivity index is 1.89. The lowest BCUT2D eigenvalue weighted by atomic mass is 10.1. The molecule has 0 saturated heterocycles. The van der Waals surface area contributed by atoms with Crippen LogP contribution < -0.4 is 5.69 Å². The van der Waals surface area contributed by atoms with Gasteiger partial charge in [0.05, 0.1) is 5.69 Å². The number of H-pyrrole nitrogens is 3. The highest BCUT2D eigenvalue weighted by atomic mass is 16.1. The monoisotopic (exact) mass is 292 g/mol. The first-order chi connectivity index (χ1) is 10.8. The Hall–Kier alpha value is -3.22. The Bertz CT molecular complexity index is 968. The topological polar surface area (TPSA) is 103 Å². The molecule has 0 aliphatic rings. The zero-order valence-corrected chi connectivity index (χ0v) is 11.5. The van der Waals surface area contributed by atoms with Gasteiger partial charge < -0.3 is 9.97 Å². The van der Waals surface area contributed by atoms with Crippen LogP contribution >= 0.6 is 0 Å². The SMILES string of the molecule is O=c1[nH]c2nc(-c3ncc[nH]3)nc(Cc3ccccc3)c2[nH]1. The van der Waals surface area contributed by atoms with Crippen molar-refractivity contribution in [3.63, 3.8) is 0 Å². The maximum atomic E-state index is 11.6. The van der Waals surface area contributed by atoms with Gasteiger partial charge in [-0.1, -0.05) is 30.3 Å². The molecular formula is C15H12N6O. The Labute approximate surface area is 124 Å². The minimum Gasteiger partial charge on any atom is -0.342 e. The summed E-state index contributed by atoms with van der Waals surface area (Å²) in [4.78, 5) is 33.1. The van der Waals surface area contributed by atoms with Crippen LogP contribution in [-0.4, -0.2) is 29.9 Å². The van der Waals surface area contributed by atoms with Crippen LogP contribution in [0.2, 0.25) is 0 Å². The van der Waals surface area contributed by atoms with Crippen LogP contribution in [0.3, 0.4) is 0 Å². The zero-order chi connectivity index (χ0) is 14.9. The summed E-state index contributed by atoms with van der Waals surface area (Å²) < 4.78 is 0. The van der Waals surface area contributed by atoms with Crippen LogP contribution in [0.1, 0.15) is 11.3 Å². The van der Waals surface area contributed by atoms with Crippen molar-refractivity contribution in [3.8, 4) is 11.6 Å². The molecule has 0 spiro atoms. The summed E-state index contributed by atoms with van der Waals surface area (Å²) in [7, 11) is 0. The highest BCUT2D eigenvalue weighted by molar-refractivity contribution is 5.75. The summed E-state index contributed by atoms with van der Waals surface area (Å²) in [6, 6.07) is 9.95. The summed E-state index contributed by atoms with van der Waals surface area (Å²) in [5.74, 6) is 1.02. The molecule has 0 radical (unpaired) electrons. The van der Waals surface area contributed by atoms with Crippen molar-refractivity contribution in [1.82, 2.24) is 29.9 Å². The summed E-state index contributed by atoms with van der Waals surface area (Å²) in [5.41, 5.74) is 2.67. The van der Waals surface area contributed by atoms with E-state index in [4.69, 9.17) is 0 Å². The molecule has 4 rings (SSSR count). The van der Waals surface area contributed by atoms with Crippen LogP contribution in [0.25, 0.3) is 22.8 Å². The number of nitrogens with zero attached hydrogens (tertiary/aromatic N) is 3. The van der Waals surface area contributed by atoms with Crippen molar-refractivity contribution in [3.05, 3.63) is 64.5 Å². The molecule has 22 heavy (non-hydrogen) atoms. The third-order valence-electron chi connectivity index (χ3n) is 3.38. The second kappa shape index (κ2) is 4.96. The van der Waals surface area contributed by atoms with Crippen LogP contribution in [0, 0.1) is 0 Å². The first kappa shape index (κ1) is 12.5. The predicted octanol–water partition coefficient (Wildman–Crippen LogP) is 1.63. The Morgan fingerprint density at radius 2 is 1.91 bits per heavy atom. The van der Waals surface area contributed by atoms with Gasteiger partial charge in [0.15, 0.2) is 17.3 Å². The molecule has 1 aromatic carbocycles. The fraction of sp³-hybridized carbons (Fsp3) is 0.0667. The lowest BCUT2D eigenvalue weighted by Crippen LogP contribution is -2.01. The van der Waals surface area contributed by atoms with Gasteiger partial charge in [-0.15, -0.1) is 0 Å². The predicted molar refractivity (Wildman–Crippen MR) is 81.3 cm³/mol. The summed E-state index contributed by atoms with van der Waals surface area (Å²) in [6.07, 6.45) is 3.95. The minimum absolute atomic E-state index is 0.296. The molecule has 0 amide bonds. The number of hydrogen-bond donors (Lipinski definition) is 3. The molecule has 7 heteroatoms. The largest absolute Gasteiger partial charge is 0.342 e. The van der Waals surface area contributed by atoms with Crippen molar-refractivity contribution >= 4 is 11.2 Å². The average Bonchev–Trinajstić information content (AvgIpc) is 3.16. The van der Waals surface area contributed by atoms with Crippen LogP contribution in [0.15, 0.2) is 47.5 Å². The highest BCUT2D eigenvalue weighted by Crippen LogP contribution is 2.18. The first-order valence-corrected chi connectivity index (χ1v) is 6.82. The summed E-state index contributed by atoms with van der Waals surface area (Å²) >= 11 is 0. The molecule has 0 saturated carbocycles. The molecule has 3 N–H and O–H groups in total. The Morgan fingerprint density at radius 1 is 1.05 bits per heavy atom. The molecular weight excluding hydrogens is 280 g/mol. The van der Waals surface area contributed by atoms with E-state index in [0.29, 0.717) is 29.2 Å². The van der Waals surface area contributed by atoms with E-state index >= 15 is 0 Å². The molecule has 0 unspecified atom stereocenters. The number of fused-ring (bicyclic) bond motifs is 1. The zero-order valence-electron chi connectivity index (χ0n) is 11.5. The van der Waals surface area contributed by atoms with Gasteiger partial charge in [0, 0.05) is 18.8 Å². The third kappa shape index (κ3) is 2.18. The smallest absolute Gasteiger partial charge is 0.325 e. The van der Waals surface area contributed by atoms with Gasteiger partial charge in [0.25, 0.3) is 0 Å². The second-order valence-corrected chi connectivity index (χ2v) is 4.90. The molecule has 4 aromatic rings. The van der Waals surface area contributed by atoms with E-state index in [1.54, 1.807) is 12.4 Å². The van der Waals surface area contributed by atoms with Crippen molar-refractivity contribution in [2.75, 3.05) is 0 Å². The van der Waals surface area contributed by atoms with Gasteiger partial charge in [-0.25, -0.2) is 19.7 Å². The number of hydrogen-bond acceptors (Lipinski definition) is 4. The molecule has 0 aliphatic carbocycles. The molecule has 108 valence electrons. The van der Waals surface area contributed by atoms with Gasteiger partial charge >= 0.3 is 5.69 Å². The standard InChI is InChI=1S/C15H12N6O/c22-15-19-11-10(8-9-4-2-1-3-5-9)18-14(20-12(11)21-15)13-16-6-7-17-13/h1-7H,8H2,(H,16,17)(H2,18,19,20,21,22). The summed E-state index contributed by atoms with van der Waals surface area (Å²) in [5, 5.41) is 0. The maximum Gasteiger partial charge on any atom is 0.325 e. The minimum atomic E-state index is -0.296. The number of rotatable bonds is 3. The van der Waals surface area contributed by atoms with E-state index in [-0.39, 0.29) is 5.69 Å². The van der Waals surface area contributed by atoms with E-state index in [0.717, 1.165) is 11.3 Å². The number of nitrogens with one attached hydrogen (secondary N) is 3. The van der Waals surface area contributed by atoms with E-state index in [1.165, 1.54) is 0 Å². The number of benzene rings is 1. The van der Waals surface area contributed by atoms with Gasteiger partial charge in [0.1, 0.15) is 5.52 Å². The third-order valence-corrected chi connectivity index (χ3v) is 3.38. The number of aromatic amines is 3. The molecule has 0 atom stereocenters. The lowest BCUT2D eigenvalue weighted by molar-refractivity contribution is 1.04. The molecule has 0 fully saturated rings. The van der Waals surface area contributed by atoms with Crippen molar-refractivity contribution in [2.24, 2.45) is 0 Å². The normalized spacial score (nSPS) is 11.1. The molecule has 0 aliphatic heterocycles. The maximum absolute atomic E-state index is 11.6.